The van der Waals surface area contributed by atoms with E-state index >= 15 is 0 Å². The van der Waals surface area contributed by atoms with E-state index in [0.717, 1.165) is 23.9 Å². The average molecular weight is 236 g/mol. The van der Waals surface area contributed by atoms with Gasteiger partial charge in [0.25, 0.3) is 0 Å². The first-order valence-corrected chi connectivity index (χ1v) is 5.05. The molecule has 3 nitrogen and oxygen atoms in total. The Hall–Kier alpha value is -0.540. The number of carbonyl (C=O) groups is 1. The van der Waals surface area contributed by atoms with Crippen LogP contribution in [0.5, 0.6) is 0 Å². The Kier molecular flexibility index (Phi) is 9.84. The fourth-order valence-corrected chi connectivity index (χ4v) is 1.10. The maximum atomic E-state index is 10.7. The molecule has 0 spiro atoms. The molecule has 0 radical (unpaired) electrons. The Balaban J connectivity index is 0. The summed E-state index contributed by atoms with van der Waals surface area (Å²) in [6, 6.07) is 0. The molecule has 0 rings (SSSR count). The van der Waals surface area contributed by atoms with Crippen LogP contribution in [-0.2, 0) is 9.53 Å². The summed E-state index contributed by atoms with van der Waals surface area (Å²) in [7, 11) is 6.53. The van der Waals surface area contributed by atoms with Crippen molar-refractivity contribution in [2.45, 2.75) is 19.3 Å². The highest BCUT2D eigenvalue weighted by molar-refractivity contribution is 5.81. The van der Waals surface area contributed by atoms with E-state index in [-0.39, 0.29) is 18.4 Å². The second-order valence-electron chi connectivity index (χ2n) is 4.45. The number of quaternary nitrogens is 1. The third-order valence-electron chi connectivity index (χ3n) is 1.88. The van der Waals surface area contributed by atoms with Gasteiger partial charge in [0, 0.05) is 6.08 Å². The number of hydrogen-bond acceptors (Lipinski definition) is 2. The van der Waals surface area contributed by atoms with Crippen molar-refractivity contribution < 1.29 is 26.4 Å². The van der Waals surface area contributed by atoms with E-state index in [1.807, 2.05) is 0 Å². The van der Waals surface area contributed by atoms with Crippen LogP contribution in [0.15, 0.2) is 12.7 Å². The van der Waals surface area contributed by atoms with Crippen LogP contribution in [-0.4, -0.2) is 44.7 Å². The topological polar surface area (TPSA) is 26.3 Å². The molecule has 15 heavy (non-hydrogen) atoms. The first kappa shape index (κ1) is 16.9. The molecule has 0 aliphatic heterocycles. The molecule has 0 aromatic carbocycles. The number of esters is 1. The highest BCUT2D eigenvalue weighted by atomic mass is 35.5. The lowest BCUT2D eigenvalue weighted by atomic mass is 10.2. The van der Waals surface area contributed by atoms with Gasteiger partial charge in [-0.05, 0) is 19.3 Å². The summed E-state index contributed by atoms with van der Waals surface area (Å²) < 4.78 is 5.85. The molecule has 0 unspecified atom stereocenters. The minimum absolute atomic E-state index is 0. The molecule has 0 aromatic rings. The van der Waals surface area contributed by atoms with Gasteiger partial charge in [-0.1, -0.05) is 6.58 Å². The van der Waals surface area contributed by atoms with Crippen molar-refractivity contribution in [1.29, 1.82) is 0 Å². The van der Waals surface area contributed by atoms with Crippen molar-refractivity contribution >= 4 is 5.97 Å². The van der Waals surface area contributed by atoms with Crippen LogP contribution in [0.1, 0.15) is 19.3 Å². The maximum absolute atomic E-state index is 10.7. The van der Waals surface area contributed by atoms with Gasteiger partial charge in [-0.15, -0.1) is 0 Å². The number of nitrogens with zero attached hydrogens (tertiary/aromatic N) is 1. The fourth-order valence-electron chi connectivity index (χ4n) is 1.10. The smallest absolute Gasteiger partial charge is 0.330 e. The van der Waals surface area contributed by atoms with Crippen molar-refractivity contribution in [1.82, 2.24) is 0 Å². The summed E-state index contributed by atoms with van der Waals surface area (Å²) in [5.41, 5.74) is 0. The first-order valence-electron chi connectivity index (χ1n) is 5.05. The van der Waals surface area contributed by atoms with Crippen molar-refractivity contribution in [3.8, 4) is 0 Å². The summed E-state index contributed by atoms with van der Waals surface area (Å²) in [6.45, 7) is 5.01. The Morgan fingerprint density at radius 1 is 1.27 bits per heavy atom. The SMILES string of the molecule is C=CC(=O)OCCCCC[N+](C)(C)C.[Cl-]. The monoisotopic (exact) mass is 235 g/mol. The lowest BCUT2D eigenvalue weighted by molar-refractivity contribution is -0.870. The van der Waals surface area contributed by atoms with Gasteiger partial charge in [-0.3, -0.25) is 0 Å². The maximum Gasteiger partial charge on any atom is 0.330 e. The molecule has 0 N–H and O–H groups in total. The molecule has 0 fully saturated rings. The van der Waals surface area contributed by atoms with Crippen LogP contribution in [0.2, 0.25) is 0 Å². The van der Waals surface area contributed by atoms with E-state index < -0.39 is 0 Å². The zero-order chi connectivity index (χ0) is 11.0. The van der Waals surface area contributed by atoms with Crippen LogP contribution in [0, 0.1) is 0 Å². The van der Waals surface area contributed by atoms with Crippen LogP contribution in [0.4, 0.5) is 0 Å². The molecule has 0 bridgehead atoms. The quantitative estimate of drug-likeness (QED) is 0.235. The highest BCUT2D eigenvalue weighted by Gasteiger charge is 2.05. The number of unbranched alkanes of at least 4 members (excludes halogenated alkanes) is 2. The first-order chi connectivity index (χ1) is 6.45. The van der Waals surface area contributed by atoms with Crippen LogP contribution < -0.4 is 12.4 Å². The molecule has 0 heterocycles. The summed E-state index contributed by atoms with van der Waals surface area (Å²) in [6.07, 6.45) is 4.43. The van der Waals surface area contributed by atoms with E-state index in [1.54, 1.807) is 0 Å². The largest absolute Gasteiger partial charge is 1.00 e. The molecular formula is C11H22ClNO2. The Labute approximate surface area is 99.1 Å². The minimum Gasteiger partial charge on any atom is -1.00 e. The molecule has 0 saturated carbocycles. The molecular weight excluding hydrogens is 214 g/mol. The van der Waals surface area contributed by atoms with E-state index in [4.69, 9.17) is 4.74 Å². The molecule has 4 heteroatoms. The van der Waals surface area contributed by atoms with Crippen molar-refractivity contribution in [3.63, 3.8) is 0 Å². The summed E-state index contributed by atoms with van der Waals surface area (Å²) in [5.74, 6) is -0.323. The molecule has 0 aliphatic carbocycles. The van der Waals surface area contributed by atoms with Gasteiger partial charge in [0.2, 0.25) is 0 Å². The number of halogens is 1. The standard InChI is InChI=1S/C11H22NO2.ClH/c1-5-11(13)14-10-8-6-7-9-12(2,3)4;/h5H,1,6-10H2,2-4H3;1H/q+1;/p-1. The minimum atomic E-state index is -0.323. The Morgan fingerprint density at radius 3 is 2.33 bits per heavy atom. The van der Waals surface area contributed by atoms with Gasteiger partial charge in [0.05, 0.1) is 34.3 Å². The number of ether oxygens (including phenoxy) is 1. The van der Waals surface area contributed by atoms with Crippen LogP contribution >= 0.6 is 0 Å². The van der Waals surface area contributed by atoms with E-state index in [1.165, 1.54) is 12.5 Å². The Bertz CT molecular complexity index is 188. The fraction of sp³-hybridized carbons (Fsp3) is 0.727. The lowest BCUT2D eigenvalue weighted by Gasteiger charge is -2.23. The van der Waals surface area contributed by atoms with Crippen LogP contribution in [0.25, 0.3) is 0 Å². The predicted octanol–water partition coefficient (Wildman–Crippen LogP) is -1.40. The number of rotatable bonds is 7. The second kappa shape index (κ2) is 8.74. The summed E-state index contributed by atoms with van der Waals surface area (Å²) in [5, 5.41) is 0. The Morgan fingerprint density at radius 2 is 1.87 bits per heavy atom. The molecule has 0 aliphatic rings. The molecule has 0 atom stereocenters. The van der Waals surface area contributed by atoms with Gasteiger partial charge in [0.1, 0.15) is 0 Å². The van der Waals surface area contributed by atoms with Gasteiger partial charge >= 0.3 is 5.97 Å². The lowest BCUT2D eigenvalue weighted by Crippen LogP contribution is -3.00. The zero-order valence-electron chi connectivity index (χ0n) is 9.96. The van der Waals surface area contributed by atoms with E-state index in [0.29, 0.717) is 6.61 Å². The van der Waals surface area contributed by atoms with Gasteiger partial charge in [-0.25, -0.2) is 4.79 Å². The van der Waals surface area contributed by atoms with Crippen molar-refractivity contribution in [2.75, 3.05) is 34.3 Å². The zero-order valence-corrected chi connectivity index (χ0v) is 10.7. The molecule has 0 saturated heterocycles. The third-order valence-corrected chi connectivity index (χ3v) is 1.88. The molecule has 90 valence electrons. The third kappa shape index (κ3) is 13.5. The van der Waals surface area contributed by atoms with E-state index in [9.17, 15) is 4.79 Å². The van der Waals surface area contributed by atoms with E-state index in [2.05, 4.69) is 27.7 Å². The van der Waals surface area contributed by atoms with Gasteiger partial charge in [-0.2, -0.15) is 0 Å². The van der Waals surface area contributed by atoms with Crippen molar-refractivity contribution in [3.05, 3.63) is 12.7 Å². The second-order valence-corrected chi connectivity index (χ2v) is 4.45. The predicted molar refractivity (Wildman–Crippen MR) is 57.9 cm³/mol. The molecule has 0 aromatic heterocycles. The van der Waals surface area contributed by atoms with Crippen molar-refractivity contribution in [2.24, 2.45) is 0 Å². The number of carbonyl (C=O) groups excluding carboxylic acids is 1. The summed E-state index contributed by atoms with van der Waals surface area (Å²) >= 11 is 0. The number of hydrogen-bond donors (Lipinski definition) is 0. The van der Waals surface area contributed by atoms with Gasteiger partial charge in [0.15, 0.2) is 0 Å². The van der Waals surface area contributed by atoms with Crippen LogP contribution in [0.3, 0.4) is 0 Å². The normalized spacial score (nSPS) is 10.3. The molecule has 0 amide bonds. The average Bonchev–Trinajstić information content (AvgIpc) is 2.08. The highest BCUT2D eigenvalue weighted by Crippen LogP contribution is 2.00. The van der Waals surface area contributed by atoms with Gasteiger partial charge < -0.3 is 21.6 Å². The summed E-state index contributed by atoms with van der Waals surface area (Å²) in [4.78, 5) is 10.7.